The number of carboxylic acid groups (broad SMARTS) is 1. The summed E-state index contributed by atoms with van der Waals surface area (Å²) in [5, 5.41) is 11.4. The molecule has 0 bridgehead atoms. The minimum absolute atomic E-state index is 0. The zero-order chi connectivity index (χ0) is 11.7. The van der Waals surface area contributed by atoms with Crippen LogP contribution in [0.25, 0.3) is 0 Å². The highest BCUT2D eigenvalue weighted by atomic mass is 16.4. The number of carbonyl (C=O) groups is 1. The van der Waals surface area contributed by atoms with Gasteiger partial charge in [-0.25, -0.2) is 0 Å². The van der Waals surface area contributed by atoms with Crippen molar-refractivity contribution in [3.63, 3.8) is 0 Å². The summed E-state index contributed by atoms with van der Waals surface area (Å²) in [5.41, 5.74) is 0.392. The maximum absolute atomic E-state index is 10.2. The average Bonchev–Trinajstić information content (AvgIpc) is 2.85. The van der Waals surface area contributed by atoms with E-state index in [-0.39, 0.29) is 6.15 Å². The first-order valence-corrected chi connectivity index (χ1v) is 5.84. The third-order valence-electron chi connectivity index (χ3n) is 2.07. The highest BCUT2D eigenvalue weighted by Crippen LogP contribution is 2.22. The van der Waals surface area contributed by atoms with E-state index in [4.69, 9.17) is 5.11 Å². The molecule has 1 aliphatic rings. The van der Waals surface area contributed by atoms with Crippen LogP contribution in [-0.2, 0) is 4.79 Å². The summed E-state index contributed by atoms with van der Waals surface area (Å²) < 4.78 is 0. The molecule has 1 saturated heterocycles. The molecule has 0 aromatic carbocycles. The predicted molar refractivity (Wildman–Crippen MR) is 68.1 cm³/mol. The SMILES string of the molecule is C1CN1.CC(C)(C)CCCCCC(=O)O.N. The minimum Gasteiger partial charge on any atom is -0.481 e. The van der Waals surface area contributed by atoms with E-state index in [0.717, 1.165) is 19.3 Å². The first kappa shape index (κ1) is 17.8. The second kappa shape index (κ2) is 9.60. The largest absolute Gasteiger partial charge is 0.481 e. The normalized spacial score (nSPS) is 13.2. The van der Waals surface area contributed by atoms with Crippen molar-refractivity contribution in [2.45, 2.75) is 52.9 Å². The lowest BCUT2D eigenvalue weighted by atomic mass is 9.89. The maximum Gasteiger partial charge on any atom is 0.303 e. The summed E-state index contributed by atoms with van der Waals surface area (Å²) in [4.78, 5) is 10.2. The summed E-state index contributed by atoms with van der Waals surface area (Å²) in [7, 11) is 0. The lowest BCUT2D eigenvalue weighted by Crippen LogP contribution is -2.04. The fraction of sp³-hybridized carbons (Fsp3) is 0.917. The third kappa shape index (κ3) is 23.3. The van der Waals surface area contributed by atoms with Crippen LogP contribution in [0.4, 0.5) is 0 Å². The van der Waals surface area contributed by atoms with Crippen LogP contribution in [0.15, 0.2) is 0 Å². The van der Waals surface area contributed by atoms with Gasteiger partial charge in [0.1, 0.15) is 0 Å². The van der Waals surface area contributed by atoms with E-state index < -0.39 is 5.97 Å². The summed E-state index contributed by atoms with van der Waals surface area (Å²) in [6, 6.07) is 0. The second-order valence-electron chi connectivity index (χ2n) is 5.27. The van der Waals surface area contributed by atoms with Crippen LogP contribution >= 0.6 is 0 Å². The first-order valence-electron chi connectivity index (χ1n) is 5.84. The van der Waals surface area contributed by atoms with Gasteiger partial charge in [0.15, 0.2) is 0 Å². The Morgan fingerprint density at radius 1 is 1.19 bits per heavy atom. The number of aliphatic carboxylic acids is 1. The highest BCUT2D eigenvalue weighted by molar-refractivity contribution is 5.66. The molecule has 16 heavy (non-hydrogen) atoms. The molecule has 4 heteroatoms. The van der Waals surface area contributed by atoms with Gasteiger partial charge in [0.25, 0.3) is 0 Å². The van der Waals surface area contributed by atoms with E-state index >= 15 is 0 Å². The molecule has 0 aromatic heterocycles. The predicted octanol–water partition coefficient (Wildman–Crippen LogP) is 2.82. The van der Waals surface area contributed by atoms with E-state index in [0.29, 0.717) is 11.8 Å². The van der Waals surface area contributed by atoms with Gasteiger partial charge in [-0.2, -0.15) is 0 Å². The van der Waals surface area contributed by atoms with E-state index in [1.165, 1.54) is 19.5 Å². The summed E-state index contributed by atoms with van der Waals surface area (Å²) in [6.45, 7) is 9.14. The van der Waals surface area contributed by atoms with Gasteiger partial charge in [-0.3, -0.25) is 4.79 Å². The second-order valence-corrected chi connectivity index (χ2v) is 5.27. The Morgan fingerprint density at radius 2 is 1.69 bits per heavy atom. The van der Waals surface area contributed by atoms with E-state index in [9.17, 15) is 4.79 Å². The van der Waals surface area contributed by atoms with Crippen molar-refractivity contribution in [3.8, 4) is 0 Å². The highest BCUT2D eigenvalue weighted by Gasteiger charge is 2.08. The van der Waals surface area contributed by atoms with Crippen LogP contribution in [0.3, 0.4) is 0 Å². The van der Waals surface area contributed by atoms with Gasteiger partial charge in [-0.05, 0) is 18.3 Å². The Labute approximate surface area is 99.4 Å². The van der Waals surface area contributed by atoms with E-state index in [1.54, 1.807) is 0 Å². The van der Waals surface area contributed by atoms with Crippen molar-refractivity contribution in [3.05, 3.63) is 0 Å². The van der Waals surface area contributed by atoms with Gasteiger partial charge in [-0.15, -0.1) is 0 Å². The maximum atomic E-state index is 10.2. The summed E-state index contributed by atoms with van der Waals surface area (Å²) >= 11 is 0. The zero-order valence-corrected chi connectivity index (χ0v) is 11.0. The topological polar surface area (TPSA) is 94.2 Å². The minimum atomic E-state index is -0.675. The Bertz CT molecular complexity index is 172. The van der Waals surface area contributed by atoms with Gasteiger partial charge >= 0.3 is 5.97 Å². The van der Waals surface area contributed by atoms with Crippen molar-refractivity contribution in [2.75, 3.05) is 13.1 Å². The molecule has 0 amide bonds. The summed E-state index contributed by atoms with van der Waals surface area (Å²) in [5.74, 6) is -0.675. The molecule has 0 spiro atoms. The number of nitrogens with one attached hydrogen (secondary N) is 1. The van der Waals surface area contributed by atoms with Crippen LogP contribution in [-0.4, -0.2) is 24.2 Å². The van der Waals surface area contributed by atoms with E-state index in [2.05, 4.69) is 26.1 Å². The van der Waals surface area contributed by atoms with Gasteiger partial charge < -0.3 is 16.6 Å². The Kier molecular flexibility index (Phi) is 10.7. The van der Waals surface area contributed by atoms with Crippen LogP contribution in [0, 0.1) is 5.41 Å². The molecular weight excluding hydrogens is 204 g/mol. The Balaban J connectivity index is 0. The Hall–Kier alpha value is -0.610. The number of rotatable bonds is 5. The molecule has 0 radical (unpaired) electrons. The first-order chi connectivity index (χ1) is 6.92. The quantitative estimate of drug-likeness (QED) is 0.502. The molecule has 4 nitrogen and oxygen atoms in total. The number of unbranched alkanes of at least 4 members (excludes halogenated alkanes) is 2. The van der Waals surface area contributed by atoms with Crippen molar-refractivity contribution >= 4 is 5.97 Å². The van der Waals surface area contributed by atoms with Gasteiger partial charge in [0.2, 0.25) is 0 Å². The molecule has 1 heterocycles. The smallest absolute Gasteiger partial charge is 0.303 e. The number of hydrogen-bond donors (Lipinski definition) is 3. The molecule has 0 saturated carbocycles. The number of carboxylic acids is 1. The molecule has 0 aliphatic carbocycles. The molecule has 0 atom stereocenters. The molecule has 1 rings (SSSR count). The standard InChI is InChI=1S/C10H20O2.C2H5N.H3N/c1-10(2,3)8-6-4-5-7-9(11)12;1-2-3-1;/h4-8H2,1-3H3,(H,11,12);3H,1-2H2;1H3. The average molecular weight is 232 g/mol. The number of hydrogen-bond acceptors (Lipinski definition) is 3. The fourth-order valence-corrected chi connectivity index (χ4v) is 1.11. The van der Waals surface area contributed by atoms with E-state index in [1.807, 2.05) is 0 Å². The van der Waals surface area contributed by atoms with Gasteiger partial charge in [-0.1, -0.05) is 33.6 Å². The lowest BCUT2D eigenvalue weighted by molar-refractivity contribution is -0.137. The lowest BCUT2D eigenvalue weighted by Gasteiger charge is -2.17. The van der Waals surface area contributed by atoms with Gasteiger partial charge in [0, 0.05) is 19.5 Å². The van der Waals surface area contributed by atoms with Crippen molar-refractivity contribution in [2.24, 2.45) is 5.41 Å². The van der Waals surface area contributed by atoms with Crippen LogP contribution in [0.2, 0.25) is 0 Å². The van der Waals surface area contributed by atoms with Gasteiger partial charge in [0.05, 0.1) is 0 Å². The third-order valence-corrected chi connectivity index (χ3v) is 2.07. The molecule has 1 fully saturated rings. The zero-order valence-electron chi connectivity index (χ0n) is 11.0. The van der Waals surface area contributed by atoms with Crippen LogP contribution in [0.1, 0.15) is 52.9 Å². The van der Waals surface area contributed by atoms with Crippen molar-refractivity contribution in [1.29, 1.82) is 0 Å². The molecule has 0 aromatic rings. The molecule has 98 valence electrons. The Morgan fingerprint density at radius 3 is 2.00 bits per heavy atom. The summed E-state index contributed by atoms with van der Waals surface area (Å²) in [6.07, 6.45) is 4.53. The molecule has 0 unspecified atom stereocenters. The molecule has 5 N–H and O–H groups in total. The molecular formula is C12H28N2O2. The van der Waals surface area contributed by atoms with Crippen molar-refractivity contribution < 1.29 is 9.90 Å². The van der Waals surface area contributed by atoms with Crippen LogP contribution in [0.5, 0.6) is 0 Å². The van der Waals surface area contributed by atoms with Crippen LogP contribution < -0.4 is 11.5 Å². The monoisotopic (exact) mass is 232 g/mol. The molecule has 1 aliphatic heterocycles. The fourth-order valence-electron chi connectivity index (χ4n) is 1.11. The van der Waals surface area contributed by atoms with Crippen molar-refractivity contribution in [1.82, 2.24) is 11.5 Å².